The molecule has 0 saturated heterocycles. The quantitative estimate of drug-likeness (QED) is 0.752. The normalized spacial score (nSPS) is 23.4. The Morgan fingerprint density at radius 3 is 2.35 bits per heavy atom. The van der Waals surface area contributed by atoms with Crippen LogP contribution in [-0.2, 0) is 0 Å². The molecule has 0 aliphatic heterocycles. The van der Waals surface area contributed by atoms with Gasteiger partial charge in [-0.15, -0.1) is 0 Å². The number of hydrogen-bond donors (Lipinski definition) is 3. The van der Waals surface area contributed by atoms with Crippen LogP contribution in [0.2, 0.25) is 0 Å². The number of nitrogens with one attached hydrogen (secondary N) is 1. The van der Waals surface area contributed by atoms with E-state index in [-0.39, 0.29) is 17.5 Å². The maximum absolute atomic E-state index is 9.75. The number of phenols is 2. The zero-order valence-corrected chi connectivity index (χ0v) is 10.7. The van der Waals surface area contributed by atoms with Crippen molar-refractivity contribution in [3.8, 4) is 11.5 Å². The minimum absolute atomic E-state index is 0.0346. The van der Waals surface area contributed by atoms with Gasteiger partial charge in [-0.2, -0.15) is 0 Å². The lowest BCUT2D eigenvalue weighted by atomic mass is 10.1. The Labute approximate surface area is 102 Å². The fourth-order valence-corrected chi connectivity index (χ4v) is 2.33. The number of hydrogen-bond acceptors (Lipinski definition) is 3. The second-order valence-corrected chi connectivity index (χ2v) is 5.73. The standard InChI is InChI=1S/C14H21NO2/c1-9(15-8-10-7-14(10,2)3)13-11(16)5-4-6-12(13)17/h4-6,9-10,15-17H,7-8H2,1-3H3. The Morgan fingerprint density at radius 1 is 1.35 bits per heavy atom. The molecule has 1 fully saturated rings. The fraction of sp³-hybridized carbons (Fsp3) is 0.571. The Morgan fingerprint density at radius 2 is 1.88 bits per heavy atom. The number of phenolic OH excluding ortho intramolecular Hbond substituents is 2. The van der Waals surface area contributed by atoms with E-state index in [2.05, 4.69) is 19.2 Å². The molecule has 0 radical (unpaired) electrons. The van der Waals surface area contributed by atoms with Crippen LogP contribution in [0.3, 0.4) is 0 Å². The molecule has 0 amide bonds. The van der Waals surface area contributed by atoms with E-state index in [1.54, 1.807) is 18.2 Å². The molecule has 2 atom stereocenters. The molecule has 2 rings (SSSR count). The molecule has 0 bridgehead atoms. The first kappa shape index (κ1) is 12.2. The van der Waals surface area contributed by atoms with Gasteiger partial charge in [0.2, 0.25) is 0 Å². The van der Waals surface area contributed by atoms with E-state index in [0.29, 0.717) is 16.9 Å². The molecule has 1 aromatic rings. The monoisotopic (exact) mass is 235 g/mol. The molecule has 1 aromatic carbocycles. The van der Waals surface area contributed by atoms with E-state index in [4.69, 9.17) is 0 Å². The van der Waals surface area contributed by atoms with Gasteiger partial charge in [-0.3, -0.25) is 0 Å². The SMILES string of the molecule is CC(NCC1CC1(C)C)c1c(O)cccc1O. The van der Waals surface area contributed by atoms with E-state index in [9.17, 15) is 10.2 Å². The lowest BCUT2D eigenvalue weighted by Gasteiger charge is -2.17. The average molecular weight is 235 g/mol. The van der Waals surface area contributed by atoms with Gasteiger partial charge < -0.3 is 15.5 Å². The predicted octanol–water partition coefficient (Wildman–Crippen LogP) is 2.79. The van der Waals surface area contributed by atoms with Gasteiger partial charge in [0.05, 0.1) is 5.56 Å². The zero-order valence-electron chi connectivity index (χ0n) is 10.7. The molecular formula is C14H21NO2. The van der Waals surface area contributed by atoms with Gasteiger partial charge in [0.15, 0.2) is 0 Å². The average Bonchev–Trinajstić information content (AvgIpc) is 2.83. The summed E-state index contributed by atoms with van der Waals surface area (Å²) in [5.74, 6) is 1.01. The van der Waals surface area contributed by atoms with E-state index in [1.165, 1.54) is 6.42 Å². The van der Waals surface area contributed by atoms with Gasteiger partial charge in [0.25, 0.3) is 0 Å². The molecule has 3 N–H and O–H groups in total. The van der Waals surface area contributed by atoms with Crippen molar-refractivity contribution >= 4 is 0 Å². The zero-order chi connectivity index (χ0) is 12.6. The molecule has 3 heteroatoms. The van der Waals surface area contributed by atoms with E-state index >= 15 is 0 Å². The lowest BCUT2D eigenvalue weighted by Crippen LogP contribution is -2.22. The van der Waals surface area contributed by atoms with Crippen LogP contribution in [0, 0.1) is 11.3 Å². The number of benzene rings is 1. The van der Waals surface area contributed by atoms with Crippen LogP contribution >= 0.6 is 0 Å². The predicted molar refractivity (Wildman–Crippen MR) is 68.1 cm³/mol. The molecule has 17 heavy (non-hydrogen) atoms. The fourth-order valence-electron chi connectivity index (χ4n) is 2.33. The molecule has 94 valence electrons. The van der Waals surface area contributed by atoms with Crippen LogP contribution in [0.5, 0.6) is 11.5 Å². The highest BCUT2D eigenvalue weighted by Crippen LogP contribution is 2.51. The van der Waals surface area contributed by atoms with Crippen molar-refractivity contribution in [3.63, 3.8) is 0 Å². The van der Waals surface area contributed by atoms with Gasteiger partial charge in [0.1, 0.15) is 11.5 Å². The topological polar surface area (TPSA) is 52.5 Å². The van der Waals surface area contributed by atoms with Crippen LogP contribution in [0.1, 0.15) is 38.8 Å². The Bertz CT molecular complexity index is 394. The van der Waals surface area contributed by atoms with Crippen LogP contribution < -0.4 is 5.32 Å². The maximum Gasteiger partial charge on any atom is 0.124 e. The van der Waals surface area contributed by atoms with E-state index < -0.39 is 0 Å². The Balaban J connectivity index is 1.98. The Kier molecular flexibility index (Phi) is 3.04. The third kappa shape index (κ3) is 2.55. The second-order valence-electron chi connectivity index (χ2n) is 5.73. The molecule has 2 unspecified atom stereocenters. The van der Waals surface area contributed by atoms with Crippen molar-refractivity contribution < 1.29 is 10.2 Å². The largest absolute Gasteiger partial charge is 0.507 e. The van der Waals surface area contributed by atoms with Gasteiger partial charge in [0, 0.05) is 6.04 Å². The van der Waals surface area contributed by atoms with Gasteiger partial charge in [-0.05, 0) is 43.4 Å². The van der Waals surface area contributed by atoms with Crippen LogP contribution in [0.25, 0.3) is 0 Å². The minimum atomic E-state index is -0.0346. The molecule has 0 aromatic heterocycles. The highest BCUT2D eigenvalue weighted by molar-refractivity contribution is 5.44. The van der Waals surface area contributed by atoms with Gasteiger partial charge in [-0.25, -0.2) is 0 Å². The minimum Gasteiger partial charge on any atom is -0.507 e. The molecule has 0 spiro atoms. The Hall–Kier alpha value is -1.22. The van der Waals surface area contributed by atoms with Crippen molar-refractivity contribution in [2.24, 2.45) is 11.3 Å². The molecule has 1 saturated carbocycles. The molecule has 1 aliphatic rings. The molecule has 3 nitrogen and oxygen atoms in total. The summed E-state index contributed by atoms with van der Waals surface area (Å²) in [4.78, 5) is 0. The van der Waals surface area contributed by atoms with Crippen molar-refractivity contribution in [1.29, 1.82) is 0 Å². The van der Waals surface area contributed by atoms with Gasteiger partial charge in [-0.1, -0.05) is 19.9 Å². The smallest absolute Gasteiger partial charge is 0.124 e. The van der Waals surface area contributed by atoms with Crippen LogP contribution in [-0.4, -0.2) is 16.8 Å². The first-order valence-corrected chi connectivity index (χ1v) is 6.16. The van der Waals surface area contributed by atoms with E-state index in [1.807, 2.05) is 6.92 Å². The lowest BCUT2D eigenvalue weighted by molar-refractivity contribution is 0.412. The summed E-state index contributed by atoms with van der Waals surface area (Å²) in [7, 11) is 0. The molecular weight excluding hydrogens is 214 g/mol. The summed E-state index contributed by atoms with van der Waals surface area (Å²) in [5.41, 5.74) is 1.04. The molecule has 1 aliphatic carbocycles. The maximum atomic E-state index is 9.75. The van der Waals surface area contributed by atoms with E-state index in [0.717, 1.165) is 6.54 Å². The number of rotatable bonds is 4. The molecule has 0 heterocycles. The second kappa shape index (κ2) is 4.22. The highest BCUT2D eigenvalue weighted by atomic mass is 16.3. The van der Waals surface area contributed by atoms with Gasteiger partial charge >= 0.3 is 0 Å². The first-order chi connectivity index (χ1) is 7.92. The summed E-state index contributed by atoms with van der Waals surface area (Å²) in [5, 5.41) is 22.9. The highest BCUT2D eigenvalue weighted by Gasteiger charge is 2.45. The summed E-state index contributed by atoms with van der Waals surface area (Å²) in [6.07, 6.45) is 1.25. The third-order valence-electron chi connectivity index (χ3n) is 3.88. The third-order valence-corrected chi connectivity index (χ3v) is 3.88. The van der Waals surface area contributed by atoms with Crippen LogP contribution in [0.15, 0.2) is 18.2 Å². The van der Waals surface area contributed by atoms with Crippen molar-refractivity contribution in [1.82, 2.24) is 5.32 Å². The summed E-state index contributed by atoms with van der Waals surface area (Å²) < 4.78 is 0. The van der Waals surface area contributed by atoms with Crippen molar-refractivity contribution in [2.45, 2.75) is 33.2 Å². The summed E-state index contributed by atoms with van der Waals surface area (Å²) in [6, 6.07) is 4.82. The summed E-state index contributed by atoms with van der Waals surface area (Å²) in [6.45, 7) is 7.43. The number of aromatic hydroxyl groups is 2. The first-order valence-electron chi connectivity index (χ1n) is 6.16. The van der Waals surface area contributed by atoms with Crippen LogP contribution in [0.4, 0.5) is 0 Å². The summed E-state index contributed by atoms with van der Waals surface area (Å²) >= 11 is 0. The van der Waals surface area contributed by atoms with Crippen molar-refractivity contribution in [3.05, 3.63) is 23.8 Å². The van der Waals surface area contributed by atoms with Crippen molar-refractivity contribution in [2.75, 3.05) is 6.54 Å².